The third kappa shape index (κ3) is 3.56. The topological polar surface area (TPSA) is 30.5 Å². The maximum absolute atomic E-state index is 5.46. The van der Waals surface area contributed by atoms with E-state index in [0.717, 1.165) is 23.6 Å². The highest BCUT2D eigenvalue weighted by Gasteiger charge is 2.12. The van der Waals surface area contributed by atoms with E-state index in [4.69, 9.17) is 9.47 Å². The van der Waals surface area contributed by atoms with Crippen molar-refractivity contribution in [2.24, 2.45) is 0 Å². The third-order valence-electron chi connectivity index (χ3n) is 3.74. The van der Waals surface area contributed by atoms with Gasteiger partial charge in [-0.25, -0.2) is 0 Å². The second-order valence-corrected chi connectivity index (χ2v) is 5.11. The Morgan fingerprint density at radius 1 is 1.00 bits per heavy atom. The molecule has 2 aromatic carbocycles. The molecule has 1 atom stereocenters. The van der Waals surface area contributed by atoms with Crippen molar-refractivity contribution in [1.82, 2.24) is 5.32 Å². The van der Waals surface area contributed by atoms with Gasteiger partial charge in [-0.15, -0.1) is 0 Å². The molecule has 0 saturated heterocycles. The van der Waals surface area contributed by atoms with Crippen LogP contribution in [0.15, 0.2) is 42.5 Å². The van der Waals surface area contributed by atoms with Gasteiger partial charge in [-0.1, -0.05) is 36.4 Å². The maximum atomic E-state index is 5.46. The van der Waals surface area contributed by atoms with E-state index in [1.165, 1.54) is 11.1 Å². The van der Waals surface area contributed by atoms with E-state index < -0.39 is 0 Å². The lowest BCUT2D eigenvalue weighted by Gasteiger charge is -2.18. The highest BCUT2D eigenvalue weighted by atomic mass is 16.5. The van der Waals surface area contributed by atoms with Crippen LogP contribution in [-0.2, 0) is 6.54 Å². The number of hydrogen-bond acceptors (Lipinski definition) is 3. The third-order valence-corrected chi connectivity index (χ3v) is 3.74. The smallest absolute Gasteiger partial charge is 0.165 e. The molecule has 0 aliphatic heterocycles. The van der Waals surface area contributed by atoms with Gasteiger partial charge in [0.25, 0.3) is 0 Å². The molecule has 0 aliphatic rings. The van der Waals surface area contributed by atoms with Crippen molar-refractivity contribution >= 4 is 0 Å². The fraction of sp³-hybridized carbons (Fsp3) is 0.333. The standard InChI is InChI=1S/C18H23NO2/c1-13-8-5-6-10-16(13)14(2)19-12-15-9-7-11-17(20-3)18(15)21-4/h5-11,14,19H,12H2,1-4H3/t14-/m0/s1. The van der Waals surface area contributed by atoms with E-state index in [0.29, 0.717) is 0 Å². The van der Waals surface area contributed by atoms with E-state index in [2.05, 4.69) is 49.5 Å². The lowest BCUT2D eigenvalue weighted by molar-refractivity contribution is 0.350. The molecule has 3 nitrogen and oxygen atoms in total. The predicted octanol–water partition coefficient (Wildman–Crippen LogP) is 3.86. The fourth-order valence-corrected chi connectivity index (χ4v) is 2.54. The lowest BCUT2D eigenvalue weighted by Crippen LogP contribution is -2.19. The van der Waals surface area contributed by atoms with Crippen molar-refractivity contribution in [3.63, 3.8) is 0 Å². The molecule has 21 heavy (non-hydrogen) atoms. The molecule has 0 amide bonds. The van der Waals surface area contributed by atoms with Gasteiger partial charge in [0, 0.05) is 18.2 Å². The number of ether oxygens (including phenoxy) is 2. The molecule has 2 aromatic rings. The average Bonchev–Trinajstić information content (AvgIpc) is 2.52. The SMILES string of the molecule is COc1cccc(CN[C@@H](C)c2ccccc2C)c1OC. The van der Waals surface area contributed by atoms with Crippen LogP contribution in [0.3, 0.4) is 0 Å². The summed E-state index contributed by atoms with van der Waals surface area (Å²) in [6.07, 6.45) is 0. The Balaban J connectivity index is 2.11. The Hall–Kier alpha value is -2.00. The van der Waals surface area contributed by atoms with Crippen LogP contribution < -0.4 is 14.8 Å². The summed E-state index contributed by atoms with van der Waals surface area (Å²) >= 11 is 0. The first-order valence-corrected chi connectivity index (χ1v) is 7.16. The van der Waals surface area contributed by atoms with Crippen molar-refractivity contribution in [2.75, 3.05) is 14.2 Å². The van der Waals surface area contributed by atoms with Crippen LogP contribution >= 0.6 is 0 Å². The molecule has 0 aromatic heterocycles. The van der Waals surface area contributed by atoms with E-state index in [1.54, 1.807) is 14.2 Å². The summed E-state index contributed by atoms with van der Waals surface area (Å²) in [5.41, 5.74) is 3.71. The Kier molecular flexibility index (Phi) is 5.23. The molecule has 0 fully saturated rings. The Morgan fingerprint density at radius 2 is 1.76 bits per heavy atom. The zero-order valence-electron chi connectivity index (χ0n) is 13.1. The van der Waals surface area contributed by atoms with Crippen LogP contribution in [0.2, 0.25) is 0 Å². The zero-order chi connectivity index (χ0) is 15.2. The summed E-state index contributed by atoms with van der Waals surface area (Å²) in [4.78, 5) is 0. The largest absolute Gasteiger partial charge is 0.493 e. The van der Waals surface area contributed by atoms with E-state index in [9.17, 15) is 0 Å². The number of methoxy groups -OCH3 is 2. The van der Waals surface area contributed by atoms with Gasteiger partial charge in [0.05, 0.1) is 14.2 Å². The first kappa shape index (κ1) is 15.4. The van der Waals surface area contributed by atoms with E-state index >= 15 is 0 Å². The number of nitrogens with one attached hydrogen (secondary N) is 1. The number of hydrogen-bond donors (Lipinski definition) is 1. The second-order valence-electron chi connectivity index (χ2n) is 5.11. The molecule has 112 valence electrons. The summed E-state index contributed by atoms with van der Waals surface area (Å²) in [5.74, 6) is 1.56. The second kappa shape index (κ2) is 7.14. The van der Waals surface area contributed by atoms with Gasteiger partial charge in [-0.05, 0) is 31.0 Å². The molecule has 3 heteroatoms. The number of aryl methyl sites for hydroxylation is 1. The minimum Gasteiger partial charge on any atom is -0.493 e. The monoisotopic (exact) mass is 285 g/mol. The van der Waals surface area contributed by atoms with Crippen LogP contribution in [-0.4, -0.2) is 14.2 Å². The predicted molar refractivity (Wildman–Crippen MR) is 86.0 cm³/mol. The van der Waals surface area contributed by atoms with E-state index in [1.807, 2.05) is 12.1 Å². The number of benzene rings is 2. The normalized spacial score (nSPS) is 12.0. The lowest BCUT2D eigenvalue weighted by atomic mass is 10.0. The molecular weight excluding hydrogens is 262 g/mol. The van der Waals surface area contributed by atoms with Crippen LogP contribution in [0.1, 0.15) is 29.7 Å². The molecule has 0 aliphatic carbocycles. The minimum atomic E-state index is 0.280. The quantitative estimate of drug-likeness (QED) is 0.874. The minimum absolute atomic E-state index is 0.280. The van der Waals surface area contributed by atoms with Crippen LogP contribution in [0.25, 0.3) is 0 Å². The van der Waals surface area contributed by atoms with Crippen molar-refractivity contribution in [3.05, 3.63) is 59.2 Å². The summed E-state index contributed by atoms with van der Waals surface area (Å²) in [6.45, 7) is 5.05. The Labute approximate surface area is 126 Å². The van der Waals surface area contributed by atoms with Crippen LogP contribution in [0.4, 0.5) is 0 Å². The zero-order valence-corrected chi connectivity index (χ0v) is 13.1. The molecule has 0 saturated carbocycles. The molecular formula is C18H23NO2. The first-order chi connectivity index (χ1) is 10.2. The van der Waals surface area contributed by atoms with Gasteiger partial charge in [-0.2, -0.15) is 0 Å². The van der Waals surface area contributed by atoms with Crippen molar-refractivity contribution in [1.29, 1.82) is 0 Å². The molecule has 0 heterocycles. The highest BCUT2D eigenvalue weighted by molar-refractivity contribution is 5.46. The van der Waals surface area contributed by atoms with Gasteiger partial charge in [0.2, 0.25) is 0 Å². The number of rotatable bonds is 6. The van der Waals surface area contributed by atoms with E-state index in [-0.39, 0.29) is 6.04 Å². The summed E-state index contributed by atoms with van der Waals surface area (Å²) in [7, 11) is 3.33. The summed E-state index contributed by atoms with van der Waals surface area (Å²) in [6, 6.07) is 14.7. The van der Waals surface area contributed by atoms with Gasteiger partial charge < -0.3 is 14.8 Å². The van der Waals surface area contributed by atoms with Gasteiger partial charge >= 0.3 is 0 Å². The van der Waals surface area contributed by atoms with Crippen molar-refractivity contribution in [2.45, 2.75) is 26.4 Å². The fourth-order valence-electron chi connectivity index (χ4n) is 2.54. The van der Waals surface area contributed by atoms with Gasteiger partial charge in [0.15, 0.2) is 11.5 Å². The summed E-state index contributed by atoms with van der Waals surface area (Å²) in [5, 5.41) is 3.55. The van der Waals surface area contributed by atoms with Gasteiger partial charge in [-0.3, -0.25) is 0 Å². The molecule has 1 N–H and O–H groups in total. The number of para-hydroxylation sites is 1. The molecule has 0 radical (unpaired) electrons. The Bertz CT molecular complexity index is 596. The summed E-state index contributed by atoms with van der Waals surface area (Å²) < 4.78 is 10.8. The van der Waals surface area contributed by atoms with Crippen molar-refractivity contribution in [3.8, 4) is 11.5 Å². The average molecular weight is 285 g/mol. The van der Waals surface area contributed by atoms with Crippen molar-refractivity contribution < 1.29 is 9.47 Å². The Morgan fingerprint density at radius 3 is 2.43 bits per heavy atom. The van der Waals surface area contributed by atoms with Crippen LogP contribution in [0.5, 0.6) is 11.5 Å². The first-order valence-electron chi connectivity index (χ1n) is 7.16. The molecule has 0 bridgehead atoms. The maximum Gasteiger partial charge on any atom is 0.165 e. The molecule has 0 spiro atoms. The van der Waals surface area contributed by atoms with Crippen LogP contribution in [0, 0.1) is 6.92 Å². The molecule has 0 unspecified atom stereocenters. The highest BCUT2D eigenvalue weighted by Crippen LogP contribution is 2.31. The van der Waals surface area contributed by atoms with Gasteiger partial charge in [0.1, 0.15) is 0 Å². The molecule has 2 rings (SSSR count).